The van der Waals surface area contributed by atoms with E-state index in [1.807, 2.05) is 0 Å². The zero-order chi connectivity index (χ0) is 14.6. The molecule has 0 radical (unpaired) electrons. The summed E-state index contributed by atoms with van der Waals surface area (Å²) in [5, 5.41) is 20.3. The lowest BCUT2D eigenvalue weighted by Gasteiger charge is -2.13. The molecule has 0 saturated carbocycles. The van der Waals surface area contributed by atoms with Gasteiger partial charge in [-0.05, 0) is 12.1 Å². The highest BCUT2D eigenvalue weighted by Crippen LogP contribution is 2.27. The van der Waals surface area contributed by atoms with Gasteiger partial charge < -0.3 is 10.4 Å². The highest BCUT2D eigenvalue weighted by molar-refractivity contribution is 7.89. The second-order valence-electron chi connectivity index (χ2n) is 3.85. The van der Waals surface area contributed by atoms with Crippen molar-refractivity contribution in [2.24, 2.45) is 0 Å². The molecule has 1 rings (SSSR count). The average molecular weight is 283 g/mol. The standard InChI is InChI=1S/C11H13N3O4S/c1-14(2)19(17,18)8-3-4-9(10(15)7-8)13-11(16)5-6-12/h3-4,7,15H,5H2,1-2H3,(H,13,16). The minimum Gasteiger partial charge on any atom is -0.506 e. The van der Waals surface area contributed by atoms with Crippen LogP contribution in [0, 0.1) is 11.3 Å². The largest absolute Gasteiger partial charge is 0.506 e. The molecule has 0 spiro atoms. The predicted octanol–water partition coefficient (Wildman–Crippen LogP) is 0.495. The molecule has 0 atom stereocenters. The number of aromatic hydroxyl groups is 1. The molecule has 102 valence electrons. The molecule has 7 nitrogen and oxygen atoms in total. The molecule has 0 aliphatic heterocycles. The van der Waals surface area contributed by atoms with Gasteiger partial charge in [-0.15, -0.1) is 0 Å². The monoisotopic (exact) mass is 283 g/mol. The molecule has 1 aromatic carbocycles. The third-order valence-corrected chi connectivity index (χ3v) is 4.07. The van der Waals surface area contributed by atoms with Crippen LogP contribution < -0.4 is 5.32 Å². The summed E-state index contributed by atoms with van der Waals surface area (Å²) in [5.74, 6) is -0.963. The normalized spacial score (nSPS) is 11.1. The molecule has 0 bridgehead atoms. The Bertz CT molecular complexity index is 632. The summed E-state index contributed by atoms with van der Waals surface area (Å²) >= 11 is 0. The molecule has 19 heavy (non-hydrogen) atoms. The number of sulfonamides is 1. The third-order valence-electron chi connectivity index (χ3n) is 2.26. The number of carbonyl (C=O) groups is 1. The lowest BCUT2D eigenvalue weighted by Crippen LogP contribution is -2.22. The molecular weight excluding hydrogens is 270 g/mol. The van der Waals surface area contributed by atoms with Crippen LogP contribution in [0.3, 0.4) is 0 Å². The van der Waals surface area contributed by atoms with Crippen molar-refractivity contribution in [3.8, 4) is 11.8 Å². The number of anilines is 1. The van der Waals surface area contributed by atoms with Crippen LogP contribution in [0.4, 0.5) is 5.69 Å². The average Bonchev–Trinajstić information content (AvgIpc) is 2.31. The maximum absolute atomic E-state index is 11.8. The van der Waals surface area contributed by atoms with E-state index in [4.69, 9.17) is 5.26 Å². The first-order chi connectivity index (χ1) is 8.78. The number of nitrogens with one attached hydrogen (secondary N) is 1. The van der Waals surface area contributed by atoms with Crippen molar-refractivity contribution in [3.05, 3.63) is 18.2 Å². The van der Waals surface area contributed by atoms with Gasteiger partial charge in [-0.25, -0.2) is 12.7 Å². The van der Waals surface area contributed by atoms with Crippen LogP contribution in [-0.4, -0.2) is 37.8 Å². The lowest BCUT2D eigenvalue weighted by atomic mass is 10.3. The summed E-state index contributed by atoms with van der Waals surface area (Å²) in [4.78, 5) is 11.1. The van der Waals surface area contributed by atoms with Crippen molar-refractivity contribution in [2.75, 3.05) is 19.4 Å². The van der Waals surface area contributed by atoms with E-state index in [9.17, 15) is 18.3 Å². The summed E-state index contributed by atoms with van der Waals surface area (Å²) in [6.45, 7) is 0. The van der Waals surface area contributed by atoms with Crippen LogP contribution >= 0.6 is 0 Å². The van der Waals surface area contributed by atoms with Crippen LogP contribution in [0.15, 0.2) is 23.1 Å². The minimum absolute atomic E-state index is 0.0537. The minimum atomic E-state index is -3.65. The van der Waals surface area contributed by atoms with Crippen molar-refractivity contribution in [1.29, 1.82) is 5.26 Å². The summed E-state index contributed by atoms with van der Waals surface area (Å²) in [6.07, 6.45) is -0.350. The van der Waals surface area contributed by atoms with Crippen molar-refractivity contribution in [1.82, 2.24) is 4.31 Å². The maximum Gasteiger partial charge on any atom is 0.242 e. The first kappa shape index (κ1) is 14.9. The van der Waals surface area contributed by atoms with Crippen molar-refractivity contribution >= 4 is 21.6 Å². The molecule has 2 N–H and O–H groups in total. The number of nitrogens with zero attached hydrogens (tertiary/aromatic N) is 2. The van der Waals surface area contributed by atoms with Crippen molar-refractivity contribution < 1.29 is 18.3 Å². The number of hydrogen-bond acceptors (Lipinski definition) is 5. The Kier molecular flexibility index (Phi) is 4.47. The molecule has 8 heteroatoms. The van der Waals surface area contributed by atoms with Crippen molar-refractivity contribution in [2.45, 2.75) is 11.3 Å². The summed E-state index contributed by atoms with van der Waals surface area (Å²) < 4.78 is 24.6. The van der Waals surface area contributed by atoms with Gasteiger partial charge in [0.15, 0.2) is 0 Å². The van der Waals surface area contributed by atoms with Gasteiger partial charge in [-0.3, -0.25) is 4.79 Å². The zero-order valence-electron chi connectivity index (χ0n) is 10.4. The van der Waals surface area contributed by atoms with Gasteiger partial charge >= 0.3 is 0 Å². The molecule has 0 fully saturated rings. The van der Waals surface area contributed by atoms with Crippen LogP contribution in [0.2, 0.25) is 0 Å². The molecule has 0 aromatic heterocycles. The molecule has 0 aliphatic rings. The van der Waals surface area contributed by atoms with Crippen molar-refractivity contribution in [3.63, 3.8) is 0 Å². The fraction of sp³-hybridized carbons (Fsp3) is 0.273. The van der Waals surface area contributed by atoms with E-state index in [1.54, 1.807) is 6.07 Å². The fourth-order valence-electron chi connectivity index (χ4n) is 1.25. The molecule has 0 saturated heterocycles. The summed E-state index contributed by atoms with van der Waals surface area (Å²) in [7, 11) is -0.907. The third kappa shape index (κ3) is 3.43. The van der Waals surface area contributed by atoms with Gasteiger partial charge in [0.2, 0.25) is 15.9 Å². The quantitative estimate of drug-likeness (QED) is 0.781. The predicted molar refractivity (Wildman–Crippen MR) is 67.8 cm³/mol. The van der Waals surface area contributed by atoms with Gasteiger partial charge in [0.05, 0.1) is 16.7 Å². The topological polar surface area (TPSA) is 111 Å². The number of rotatable bonds is 4. The number of amides is 1. The SMILES string of the molecule is CN(C)S(=O)(=O)c1ccc(NC(=O)CC#N)c(O)c1. The van der Waals surface area contributed by atoms with Crippen LogP contribution in [0.25, 0.3) is 0 Å². The molecule has 0 aliphatic carbocycles. The highest BCUT2D eigenvalue weighted by atomic mass is 32.2. The first-order valence-corrected chi connectivity index (χ1v) is 6.65. The molecule has 1 aromatic rings. The Balaban J connectivity index is 3.06. The Morgan fingerprint density at radius 1 is 1.47 bits per heavy atom. The van der Waals surface area contributed by atoms with Gasteiger partial charge in [0.1, 0.15) is 12.2 Å². The van der Waals surface area contributed by atoms with E-state index in [0.29, 0.717) is 0 Å². The first-order valence-electron chi connectivity index (χ1n) is 5.21. The van der Waals surface area contributed by atoms with E-state index < -0.39 is 15.9 Å². The van der Waals surface area contributed by atoms with E-state index in [2.05, 4.69) is 5.32 Å². The van der Waals surface area contributed by atoms with E-state index in [1.165, 1.54) is 26.2 Å². The lowest BCUT2D eigenvalue weighted by molar-refractivity contribution is -0.115. The number of benzene rings is 1. The molecule has 1 amide bonds. The van der Waals surface area contributed by atoms with Gasteiger partial charge in [0.25, 0.3) is 0 Å². The Labute approximate surface area is 111 Å². The Morgan fingerprint density at radius 3 is 2.58 bits per heavy atom. The van der Waals surface area contributed by atoms with Gasteiger partial charge in [0, 0.05) is 20.2 Å². The number of nitriles is 1. The number of carbonyl (C=O) groups excluding carboxylic acids is 1. The smallest absolute Gasteiger partial charge is 0.242 e. The Morgan fingerprint density at radius 2 is 2.11 bits per heavy atom. The summed E-state index contributed by atoms with van der Waals surface area (Å²) in [5.41, 5.74) is 0.0537. The molecule has 0 unspecified atom stereocenters. The fourth-order valence-corrected chi connectivity index (χ4v) is 2.18. The van der Waals surface area contributed by atoms with Crippen LogP contribution in [0.1, 0.15) is 6.42 Å². The second kappa shape index (κ2) is 5.69. The number of hydrogen-bond donors (Lipinski definition) is 2. The number of phenols is 1. The van der Waals surface area contributed by atoms with E-state index in [0.717, 1.165) is 10.4 Å². The van der Waals surface area contributed by atoms with Crippen LogP contribution in [-0.2, 0) is 14.8 Å². The zero-order valence-corrected chi connectivity index (χ0v) is 11.2. The highest BCUT2D eigenvalue weighted by Gasteiger charge is 2.19. The summed E-state index contributed by atoms with van der Waals surface area (Å²) in [6, 6.07) is 5.23. The molecular formula is C11H13N3O4S. The number of phenolic OH excluding ortho intramolecular Hbond substituents is 1. The Hall–Kier alpha value is -2.11. The maximum atomic E-state index is 11.8. The second-order valence-corrected chi connectivity index (χ2v) is 6.00. The van der Waals surface area contributed by atoms with Gasteiger partial charge in [-0.1, -0.05) is 0 Å². The molecule has 0 heterocycles. The van der Waals surface area contributed by atoms with Crippen LogP contribution in [0.5, 0.6) is 5.75 Å². The van der Waals surface area contributed by atoms with Gasteiger partial charge in [-0.2, -0.15) is 5.26 Å². The van der Waals surface area contributed by atoms with E-state index >= 15 is 0 Å². The van der Waals surface area contributed by atoms with E-state index in [-0.39, 0.29) is 22.8 Å².